The van der Waals surface area contributed by atoms with Gasteiger partial charge in [0.25, 0.3) is 11.5 Å². The Kier molecular flexibility index (Phi) is 9.05. The number of phenols is 1. The minimum absolute atomic E-state index is 0.0385. The normalized spacial score (nSPS) is 14.4. The van der Waals surface area contributed by atoms with Gasteiger partial charge in [0.2, 0.25) is 0 Å². The molecule has 1 aliphatic rings. The van der Waals surface area contributed by atoms with Gasteiger partial charge in [-0.15, -0.1) is 0 Å². The third kappa shape index (κ3) is 6.47. The van der Waals surface area contributed by atoms with Crippen molar-refractivity contribution in [2.75, 3.05) is 11.9 Å². The number of carbonyl (C=O) groups excluding carboxylic acids is 1. The summed E-state index contributed by atoms with van der Waals surface area (Å²) in [5.41, 5.74) is 3.29. The molecule has 4 aromatic carbocycles. The zero-order valence-electron chi connectivity index (χ0n) is 25.1. The van der Waals surface area contributed by atoms with Crippen LogP contribution in [0.1, 0.15) is 36.6 Å². The molecule has 0 spiro atoms. The molecule has 0 saturated carbocycles. The van der Waals surface area contributed by atoms with Crippen molar-refractivity contribution in [3.05, 3.63) is 150 Å². The van der Waals surface area contributed by atoms with E-state index in [9.17, 15) is 14.7 Å². The molecule has 1 aliphatic heterocycles. The zero-order chi connectivity index (χ0) is 32.2. The molecule has 10 heteroatoms. The summed E-state index contributed by atoms with van der Waals surface area (Å²) in [6.07, 6.45) is 1.78. The van der Waals surface area contributed by atoms with E-state index >= 15 is 0 Å². The fourth-order valence-corrected chi connectivity index (χ4v) is 6.53. The summed E-state index contributed by atoms with van der Waals surface area (Å²) in [5.74, 6) is 0.426. The van der Waals surface area contributed by atoms with Gasteiger partial charge in [-0.2, -0.15) is 0 Å². The topological polar surface area (TPSA) is 102 Å². The minimum atomic E-state index is -0.837. The smallest absolute Gasteiger partial charge is 0.271 e. The lowest BCUT2D eigenvalue weighted by molar-refractivity contribution is -0.113. The van der Waals surface area contributed by atoms with E-state index in [2.05, 4.69) is 5.32 Å². The van der Waals surface area contributed by atoms with Crippen LogP contribution in [-0.4, -0.2) is 22.2 Å². The maximum Gasteiger partial charge on any atom is 0.271 e. The van der Waals surface area contributed by atoms with Crippen LogP contribution in [0.5, 0.6) is 17.2 Å². The van der Waals surface area contributed by atoms with E-state index in [1.165, 1.54) is 22.0 Å². The summed E-state index contributed by atoms with van der Waals surface area (Å²) >= 11 is 7.37. The van der Waals surface area contributed by atoms with Gasteiger partial charge in [0.1, 0.15) is 12.4 Å². The number of benzene rings is 4. The van der Waals surface area contributed by atoms with E-state index in [4.69, 9.17) is 26.1 Å². The Bertz CT molecular complexity index is 2140. The van der Waals surface area contributed by atoms with Crippen LogP contribution >= 0.6 is 22.9 Å². The number of halogens is 1. The summed E-state index contributed by atoms with van der Waals surface area (Å²) in [7, 11) is 0. The van der Waals surface area contributed by atoms with Crippen LogP contribution in [0.15, 0.2) is 118 Å². The number of hydrogen-bond acceptors (Lipinski definition) is 7. The highest BCUT2D eigenvalue weighted by Gasteiger charge is 2.33. The Morgan fingerprint density at radius 2 is 1.78 bits per heavy atom. The summed E-state index contributed by atoms with van der Waals surface area (Å²) in [6.45, 7) is 4.20. The molecule has 1 atom stereocenters. The number of aromatic hydroxyl groups is 1. The first kappa shape index (κ1) is 30.9. The first-order valence-corrected chi connectivity index (χ1v) is 15.8. The van der Waals surface area contributed by atoms with Gasteiger partial charge in [-0.25, -0.2) is 4.99 Å². The molecule has 0 saturated heterocycles. The van der Waals surface area contributed by atoms with Crippen molar-refractivity contribution in [3.63, 3.8) is 0 Å². The van der Waals surface area contributed by atoms with Gasteiger partial charge < -0.3 is 19.9 Å². The number of nitrogens with one attached hydrogen (secondary N) is 1. The van der Waals surface area contributed by atoms with Gasteiger partial charge >= 0.3 is 0 Å². The third-order valence-corrected chi connectivity index (χ3v) is 8.60. The van der Waals surface area contributed by atoms with Crippen molar-refractivity contribution in [3.8, 4) is 17.2 Å². The maximum atomic E-state index is 14.2. The number of amides is 1. The minimum Gasteiger partial charge on any atom is -0.504 e. The van der Waals surface area contributed by atoms with E-state index < -0.39 is 11.9 Å². The van der Waals surface area contributed by atoms with Crippen LogP contribution in [0, 0.1) is 0 Å². The summed E-state index contributed by atoms with van der Waals surface area (Å²) in [4.78, 5) is 33.3. The lowest BCUT2D eigenvalue weighted by Crippen LogP contribution is -2.40. The van der Waals surface area contributed by atoms with E-state index in [-0.39, 0.29) is 17.1 Å². The van der Waals surface area contributed by atoms with Crippen molar-refractivity contribution in [2.24, 2.45) is 4.99 Å². The molecule has 0 aliphatic carbocycles. The van der Waals surface area contributed by atoms with E-state index in [0.717, 1.165) is 5.56 Å². The number of para-hydroxylation sites is 2. The molecule has 2 N–H and O–H groups in total. The molecule has 6 rings (SSSR count). The Hall–Kier alpha value is -5.12. The van der Waals surface area contributed by atoms with Crippen LogP contribution in [-0.2, 0) is 11.4 Å². The zero-order valence-corrected chi connectivity index (χ0v) is 26.6. The molecule has 1 amide bonds. The Morgan fingerprint density at radius 1 is 1.00 bits per heavy atom. The molecule has 1 aromatic heterocycles. The SMILES string of the molecule is CCOc1cc([C@@H]2C(C(=O)Nc3ccccc3)=C(C)N=c3s/c(=C\c4ccccc4OCc4cccc(Cl)c4)c(=O)n32)ccc1O. The number of nitrogens with zero attached hydrogens (tertiary/aromatic N) is 2. The number of carbonyl (C=O) groups is 1. The summed E-state index contributed by atoms with van der Waals surface area (Å²) < 4.78 is 13.7. The van der Waals surface area contributed by atoms with Crippen molar-refractivity contribution in [1.29, 1.82) is 0 Å². The van der Waals surface area contributed by atoms with E-state index in [0.29, 0.717) is 61.4 Å². The first-order valence-electron chi connectivity index (χ1n) is 14.6. The molecular formula is C36H30ClN3O5S. The fourth-order valence-electron chi connectivity index (χ4n) is 5.28. The fraction of sp³-hybridized carbons (Fsp3) is 0.139. The van der Waals surface area contributed by atoms with E-state index in [1.54, 1.807) is 43.3 Å². The highest BCUT2D eigenvalue weighted by Crippen LogP contribution is 2.36. The number of anilines is 1. The first-order chi connectivity index (χ1) is 22.3. The lowest BCUT2D eigenvalue weighted by Gasteiger charge is -2.26. The average Bonchev–Trinajstić information content (AvgIpc) is 3.35. The van der Waals surface area contributed by atoms with Crippen LogP contribution in [0.4, 0.5) is 5.69 Å². The second-order valence-corrected chi connectivity index (χ2v) is 12.0. The molecule has 0 unspecified atom stereocenters. The second-order valence-electron chi connectivity index (χ2n) is 10.5. The predicted molar refractivity (Wildman–Crippen MR) is 180 cm³/mol. The van der Waals surface area contributed by atoms with Crippen LogP contribution in [0.3, 0.4) is 0 Å². The molecule has 5 aromatic rings. The summed E-state index contributed by atoms with van der Waals surface area (Å²) in [6, 6.07) is 28.0. The summed E-state index contributed by atoms with van der Waals surface area (Å²) in [5, 5.41) is 14.0. The molecule has 232 valence electrons. The molecule has 8 nitrogen and oxygen atoms in total. The monoisotopic (exact) mass is 651 g/mol. The van der Waals surface area contributed by atoms with Crippen molar-refractivity contribution < 1.29 is 19.4 Å². The van der Waals surface area contributed by atoms with Gasteiger partial charge in [0.05, 0.1) is 28.5 Å². The molecule has 46 heavy (non-hydrogen) atoms. The number of fused-ring (bicyclic) bond motifs is 1. The maximum absolute atomic E-state index is 14.2. The third-order valence-electron chi connectivity index (χ3n) is 7.39. The second kappa shape index (κ2) is 13.5. The Balaban J connectivity index is 1.45. The molecule has 0 fully saturated rings. The lowest BCUT2D eigenvalue weighted by atomic mass is 9.94. The highest BCUT2D eigenvalue weighted by atomic mass is 35.5. The predicted octanol–water partition coefficient (Wildman–Crippen LogP) is 6.21. The van der Waals surface area contributed by atoms with Crippen LogP contribution in [0.25, 0.3) is 6.08 Å². The van der Waals surface area contributed by atoms with E-state index in [1.807, 2.05) is 67.6 Å². The van der Waals surface area contributed by atoms with Crippen LogP contribution < -0.4 is 29.7 Å². The number of hydrogen-bond donors (Lipinski definition) is 2. The Labute approximate surface area is 274 Å². The molecule has 2 heterocycles. The number of phenolic OH excluding ortho intramolecular Hbond substituents is 1. The van der Waals surface area contributed by atoms with Gasteiger partial charge in [-0.05, 0) is 73.5 Å². The number of ether oxygens (including phenoxy) is 2. The van der Waals surface area contributed by atoms with Gasteiger partial charge in [-0.1, -0.05) is 77.5 Å². The number of rotatable bonds is 9. The molecular weight excluding hydrogens is 622 g/mol. The molecule has 0 radical (unpaired) electrons. The van der Waals surface area contributed by atoms with Gasteiger partial charge in [0, 0.05) is 16.3 Å². The number of thiazole rings is 1. The van der Waals surface area contributed by atoms with Crippen molar-refractivity contribution in [1.82, 2.24) is 4.57 Å². The van der Waals surface area contributed by atoms with Crippen LogP contribution in [0.2, 0.25) is 5.02 Å². The Morgan fingerprint density at radius 3 is 2.57 bits per heavy atom. The molecule has 0 bridgehead atoms. The van der Waals surface area contributed by atoms with Gasteiger partial charge in [-0.3, -0.25) is 14.2 Å². The number of allylic oxidation sites excluding steroid dienone is 1. The van der Waals surface area contributed by atoms with Gasteiger partial charge in [0.15, 0.2) is 16.3 Å². The quantitative estimate of drug-likeness (QED) is 0.197. The van der Waals surface area contributed by atoms with Crippen molar-refractivity contribution >= 4 is 40.6 Å². The standard InChI is InChI=1S/C36H30ClN3O5S/c1-3-44-30-19-25(16-17-28(30)41)33-32(34(42)39-27-13-5-4-6-14-27)22(2)38-36-40(33)35(43)31(46-36)20-24-11-7-8-15-29(24)45-21-23-10-9-12-26(37)18-23/h4-20,33,41H,3,21H2,1-2H3,(H,39,42)/b31-20-/t33-/m1/s1. The largest absolute Gasteiger partial charge is 0.504 e. The number of aromatic nitrogens is 1. The van der Waals surface area contributed by atoms with Crippen molar-refractivity contribution in [2.45, 2.75) is 26.5 Å². The highest BCUT2D eigenvalue weighted by molar-refractivity contribution is 7.07. The average molecular weight is 652 g/mol.